The van der Waals surface area contributed by atoms with Crippen LogP contribution in [0.15, 0.2) is 35.3 Å². The molecule has 0 bridgehead atoms. The zero-order chi connectivity index (χ0) is 14.1. The first-order valence-corrected chi connectivity index (χ1v) is 6.89. The Balaban J connectivity index is 2.07. The molecule has 0 atom stereocenters. The minimum atomic E-state index is -0.0913. The van der Waals surface area contributed by atoms with Crippen LogP contribution in [0.3, 0.4) is 0 Å². The van der Waals surface area contributed by atoms with Crippen molar-refractivity contribution in [3.63, 3.8) is 0 Å². The molecule has 102 valence electrons. The van der Waals surface area contributed by atoms with E-state index in [1.54, 1.807) is 22.9 Å². The largest absolute Gasteiger partial charge is 0.308 e. The second-order valence-corrected chi connectivity index (χ2v) is 5.27. The molecule has 0 saturated heterocycles. The van der Waals surface area contributed by atoms with E-state index in [-0.39, 0.29) is 11.3 Å². The molecule has 0 spiro atoms. The van der Waals surface area contributed by atoms with Crippen LogP contribution in [0.5, 0.6) is 0 Å². The van der Waals surface area contributed by atoms with E-state index in [9.17, 15) is 9.59 Å². The van der Waals surface area contributed by atoms with E-state index < -0.39 is 0 Å². The van der Waals surface area contributed by atoms with E-state index in [2.05, 4.69) is 4.98 Å². The van der Waals surface area contributed by atoms with Gasteiger partial charge in [0.05, 0.1) is 6.54 Å². The second-order valence-electron chi connectivity index (χ2n) is 4.88. The van der Waals surface area contributed by atoms with Gasteiger partial charge in [0.25, 0.3) is 5.56 Å². The van der Waals surface area contributed by atoms with Crippen molar-refractivity contribution in [2.24, 2.45) is 0 Å². The number of nitrogens with zero attached hydrogens (tertiary/aromatic N) is 2. The fourth-order valence-corrected chi connectivity index (χ4v) is 2.79. The minimum Gasteiger partial charge on any atom is -0.308 e. The molecule has 0 amide bonds. The van der Waals surface area contributed by atoms with Gasteiger partial charge in [0.2, 0.25) is 0 Å². The van der Waals surface area contributed by atoms with Crippen LogP contribution >= 0.6 is 11.6 Å². The topological polar surface area (TPSA) is 52.0 Å². The van der Waals surface area contributed by atoms with Crippen molar-refractivity contribution in [3.05, 3.63) is 62.8 Å². The molecule has 1 aliphatic carbocycles. The van der Waals surface area contributed by atoms with Crippen LogP contribution in [0.1, 0.15) is 34.5 Å². The summed E-state index contributed by atoms with van der Waals surface area (Å²) in [7, 11) is 0. The molecule has 5 heteroatoms. The normalized spacial score (nSPS) is 14.2. The van der Waals surface area contributed by atoms with Gasteiger partial charge in [-0.25, -0.2) is 4.98 Å². The molecular formula is C15H13ClN2O2. The quantitative estimate of drug-likeness (QED) is 0.798. The van der Waals surface area contributed by atoms with Crippen molar-refractivity contribution < 1.29 is 4.79 Å². The van der Waals surface area contributed by atoms with Crippen LogP contribution in [-0.4, -0.2) is 15.3 Å². The average molecular weight is 289 g/mol. The summed E-state index contributed by atoms with van der Waals surface area (Å²) < 4.78 is 1.66. The standard InChI is InChI=1S/C15H13ClN2O2/c16-14-8-10(6-7-17-14)9-18-12-2-1-3-13(19)11(12)4-5-15(18)20/h4-8H,1-3,9H2. The number of hydrogen-bond donors (Lipinski definition) is 0. The molecule has 3 rings (SSSR count). The summed E-state index contributed by atoms with van der Waals surface area (Å²) in [5, 5.41) is 0.399. The molecule has 0 aliphatic heterocycles. The maximum absolute atomic E-state index is 12.1. The number of carbonyl (C=O) groups excluding carboxylic acids is 1. The van der Waals surface area contributed by atoms with E-state index in [4.69, 9.17) is 11.6 Å². The van der Waals surface area contributed by atoms with Crippen LogP contribution in [0.2, 0.25) is 5.15 Å². The highest BCUT2D eigenvalue weighted by atomic mass is 35.5. The van der Waals surface area contributed by atoms with Crippen LogP contribution in [0, 0.1) is 0 Å². The summed E-state index contributed by atoms with van der Waals surface area (Å²) >= 11 is 5.86. The Kier molecular flexibility index (Phi) is 3.40. The second kappa shape index (κ2) is 5.21. The number of rotatable bonds is 2. The SMILES string of the molecule is O=C1CCCc2c1ccc(=O)n2Cc1ccnc(Cl)c1. The first kappa shape index (κ1) is 13.1. The van der Waals surface area contributed by atoms with Crippen molar-refractivity contribution in [2.75, 3.05) is 0 Å². The summed E-state index contributed by atoms with van der Waals surface area (Å²) in [5.41, 5.74) is 2.32. The third-order valence-corrected chi connectivity index (χ3v) is 3.75. The zero-order valence-electron chi connectivity index (χ0n) is 10.8. The fourth-order valence-electron chi connectivity index (χ4n) is 2.59. The lowest BCUT2D eigenvalue weighted by molar-refractivity contribution is 0.0970. The number of pyridine rings is 2. The van der Waals surface area contributed by atoms with Gasteiger partial charge in [-0.1, -0.05) is 11.6 Å². The summed E-state index contributed by atoms with van der Waals surface area (Å²) in [5.74, 6) is 0.118. The molecule has 0 radical (unpaired) electrons. The Morgan fingerprint density at radius 2 is 2.05 bits per heavy atom. The Bertz CT molecular complexity index is 737. The van der Waals surface area contributed by atoms with Crippen molar-refractivity contribution in [1.82, 2.24) is 9.55 Å². The predicted molar refractivity (Wildman–Crippen MR) is 76.3 cm³/mol. The summed E-state index contributed by atoms with van der Waals surface area (Å²) in [4.78, 5) is 27.9. The number of carbonyl (C=O) groups is 1. The molecule has 0 saturated carbocycles. The van der Waals surface area contributed by atoms with Gasteiger partial charge in [-0.2, -0.15) is 0 Å². The number of halogens is 1. The Morgan fingerprint density at radius 1 is 1.20 bits per heavy atom. The van der Waals surface area contributed by atoms with Gasteiger partial charge in [0, 0.05) is 29.9 Å². The lowest BCUT2D eigenvalue weighted by Crippen LogP contribution is -2.28. The third-order valence-electron chi connectivity index (χ3n) is 3.54. The first-order valence-electron chi connectivity index (χ1n) is 6.51. The Morgan fingerprint density at radius 3 is 2.85 bits per heavy atom. The van der Waals surface area contributed by atoms with Gasteiger partial charge in [-0.05, 0) is 36.6 Å². The van der Waals surface area contributed by atoms with Crippen LogP contribution in [0.25, 0.3) is 0 Å². The van der Waals surface area contributed by atoms with Gasteiger partial charge >= 0.3 is 0 Å². The number of ketones is 1. The van der Waals surface area contributed by atoms with Crippen LogP contribution in [-0.2, 0) is 13.0 Å². The number of Topliss-reactive ketones (excluding diaryl/α,β-unsaturated/α-hetero) is 1. The van der Waals surface area contributed by atoms with E-state index in [1.807, 2.05) is 6.07 Å². The molecule has 1 aliphatic rings. The van der Waals surface area contributed by atoms with E-state index in [0.717, 1.165) is 24.1 Å². The molecule has 2 aromatic heterocycles. The van der Waals surface area contributed by atoms with Crippen molar-refractivity contribution in [1.29, 1.82) is 0 Å². The highest BCUT2D eigenvalue weighted by Crippen LogP contribution is 2.20. The van der Waals surface area contributed by atoms with Crippen molar-refractivity contribution in [3.8, 4) is 0 Å². The highest BCUT2D eigenvalue weighted by molar-refractivity contribution is 6.29. The molecule has 4 nitrogen and oxygen atoms in total. The molecule has 0 unspecified atom stereocenters. The molecule has 0 aromatic carbocycles. The van der Waals surface area contributed by atoms with E-state index in [0.29, 0.717) is 23.7 Å². The van der Waals surface area contributed by atoms with Gasteiger partial charge in [-0.3, -0.25) is 9.59 Å². The average Bonchev–Trinajstić information content (AvgIpc) is 2.42. The molecule has 2 aromatic rings. The third kappa shape index (κ3) is 2.39. The van der Waals surface area contributed by atoms with Crippen LogP contribution < -0.4 is 5.56 Å². The van der Waals surface area contributed by atoms with Gasteiger partial charge in [0.15, 0.2) is 5.78 Å². The van der Waals surface area contributed by atoms with E-state index >= 15 is 0 Å². The van der Waals surface area contributed by atoms with Gasteiger partial charge in [0.1, 0.15) is 5.15 Å². The van der Waals surface area contributed by atoms with Crippen molar-refractivity contribution in [2.45, 2.75) is 25.8 Å². The minimum absolute atomic E-state index is 0.0913. The van der Waals surface area contributed by atoms with Gasteiger partial charge in [-0.15, -0.1) is 0 Å². The maximum Gasteiger partial charge on any atom is 0.251 e. The number of hydrogen-bond acceptors (Lipinski definition) is 3. The Labute approximate surface area is 121 Å². The number of fused-ring (bicyclic) bond motifs is 1. The van der Waals surface area contributed by atoms with Crippen LogP contribution in [0.4, 0.5) is 0 Å². The molecule has 0 fully saturated rings. The first-order chi connectivity index (χ1) is 9.65. The fraction of sp³-hybridized carbons (Fsp3) is 0.267. The van der Waals surface area contributed by atoms with Crippen molar-refractivity contribution >= 4 is 17.4 Å². The molecule has 20 heavy (non-hydrogen) atoms. The summed E-state index contributed by atoms with van der Waals surface area (Å²) in [6.45, 7) is 0.414. The number of aromatic nitrogens is 2. The molecule has 2 heterocycles. The predicted octanol–water partition coefficient (Wildman–Crippen LogP) is 2.46. The zero-order valence-corrected chi connectivity index (χ0v) is 11.6. The maximum atomic E-state index is 12.1. The monoisotopic (exact) mass is 288 g/mol. The molecule has 0 N–H and O–H groups in total. The smallest absolute Gasteiger partial charge is 0.251 e. The summed E-state index contributed by atoms with van der Waals surface area (Å²) in [6.07, 6.45) is 3.73. The lowest BCUT2D eigenvalue weighted by atomic mass is 9.94. The lowest BCUT2D eigenvalue weighted by Gasteiger charge is -2.20. The summed E-state index contributed by atoms with van der Waals surface area (Å²) in [6, 6.07) is 6.67. The highest BCUT2D eigenvalue weighted by Gasteiger charge is 2.20. The van der Waals surface area contributed by atoms with E-state index in [1.165, 1.54) is 6.07 Å². The Hall–Kier alpha value is -1.94. The molecular weight excluding hydrogens is 276 g/mol. The van der Waals surface area contributed by atoms with Gasteiger partial charge < -0.3 is 4.57 Å².